The van der Waals surface area contributed by atoms with Gasteiger partial charge in [0.2, 0.25) is 0 Å². The number of hydrogen-bond donors (Lipinski definition) is 1. The maximum absolute atomic E-state index is 9.85. The molecule has 0 aromatic rings. The summed E-state index contributed by atoms with van der Waals surface area (Å²) in [5.74, 6) is -0.737. The fourth-order valence-corrected chi connectivity index (χ4v) is 2.77. The molecule has 3 heteroatoms. The van der Waals surface area contributed by atoms with Crippen molar-refractivity contribution in [1.29, 1.82) is 0 Å². The van der Waals surface area contributed by atoms with Crippen molar-refractivity contribution in [2.24, 2.45) is 0 Å². The second-order valence-electron chi connectivity index (χ2n) is 3.67. The molecular weight excluding hydrogens is 156 g/mol. The van der Waals surface area contributed by atoms with Crippen molar-refractivity contribution in [3.05, 3.63) is 0 Å². The first-order valence-electron chi connectivity index (χ1n) is 4.53. The second kappa shape index (κ2) is 3.69. The molecule has 11 heavy (non-hydrogen) atoms. The van der Waals surface area contributed by atoms with Crippen LogP contribution < -0.4 is 0 Å². The molecule has 1 aliphatic carbocycles. The lowest BCUT2D eigenvalue weighted by Crippen LogP contribution is -2.38. The SMILES string of the molecule is C[SiH](C)OC1(O)CCCCC1. The van der Waals surface area contributed by atoms with Crippen molar-refractivity contribution in [3.63, 3.8) is 0 Å². The van der Waals surface area contributed by atoms with E-state index in [1.54, 1.807) is 0 Å². The third-order valence-electron chi connectivity index (χ3n) is 2.09. The van der Waals surface area contributed by atoms with Gasteiger partial charge < -0.3 is 9.53 Å². The van der Waals surface area contributed by atoms with Crippen molar-refractivity contribution < 1.29 is 9.53 Å². The van der Waals surface area contributed by atoms with Gasteiger partial charge in [0.15, 0.2) is 14.8 Å². The van der Waals surface area contributed by atoms with Gasteiger partial charge in [-0.15, -0.1) is 0 Å². The van der Waals surface area contributed by atoms with Crippen LogP contribution in [0.4, 0.5) is 0 Å². The number of aliphatic hydroxyl groups is 1. The Bertz CT molecular complexity index is 119. The number of rotatable bonds is 2. The zero-order chi connectivity index (χ0) is 8.32. The molecule has 0 aromatic carbocycles. The van der Waals surface area contributed by atoms with Crippen LogP contribution in [0.3, 0.4) is 0 Å². The summed E-state index contributed by atoms with van der Waals surface area (Å²) in [6.45, 7) is 4.21. The molecule has 1 N–H and O–H groups in total. The number of hydrogen-bond acceptors (Lipinski definition) is 2. The first-order valence-corrected chi connectivity index (χ1v) is 7.31. The first kappa shape index (κ1) is 9.23. The predicted octanol–water partition coefficient (Wildman–Crippen LogP) is 1.64. The Morgan fingerprint density at radius 1 is 1.18 bits per heavy atom. The lowest BCUT2D eigenvalue weighted by Gasteiger charge is -2.33. The van der Waals surface area contributed by atoms with Gasteiger partial charge in [0.25, 0.3) is 0 Å². The Hall–Kier alpha value is 0.137. The summed E-state index contributed by atoms with van der Waals surface area (Å²) in [5.41, 5.74) is 0. The molecule has 0 bridgehead atoms. The molecule has 2 nitrogen and oxygen atoms in total. The third-order valence-corrected chi connectivity index (χ3v) is 3.00. The minimum Gasteiger partial charge on any atom is -0.394 e. The summed E-state index contributed by atoms with van der Waals surface area (Å²) >= 11 is 0. The normalized spacial score (nSPS) is 24.0. The summed E-state index contributed by atoms with van der Waals surface area (Å²) in [7, 11) is -1.06. The Labute approximate surface area is 70.3 Å². The van der Waals surface area contributed by atoms with Crippen LogP contribution in [0.15, 0.2) is 0 Å². The molecular formula is C8H18O2Si. The fourth-order valence-electron chi connectivity index (χ4n) is 1.66. The van der Waals surface area contributed by atoms with E-state index in [1.807, 2.05) is 0 Å². The zero-order valence-electron chi connectivity index (χ0n) is 7.47. The quantitative estimate of drug-likeness (QED) is 0.509. The zero-order valence-corrected chi connectivity index (χ0v) is 8.62. The molecule has 0 atom stereocenters. The summed E-state index contributed by atoms with van der Waals surface area (Å²) in [6.07, 6.45) is 5.19. The van der Waals surface area contributed by atoms with Gasteiger partial charge in [0.05, 0.1) is 0 Å². The highest BCUT2D eigenvalue weighted by molar-refractivity contribution is 6.48. The minimum absolute atomic E-state index is 0.737. The lowest BCUT2D eigenvalue weighted by molar-refractivity contribution is -0.161. The van der Waals surface area contributed by atoms with Gasteiger partial charge in [-0.3, -0.25) is 0 Å². The molecule has 66 valence electrons. The van der Waals surface area contributed by atoms with Crippen LogP contribution in [-0.4, -0.2) is 19.9 Å². The molecule has 0 spiro atoms. The maximum atomic E-state index is 9.85. The Morgan fingerprint density at radius 3 is 2.18 bits per heavy atom. The molecule has 1 rings (SSSR count). The third kappa shape index (κ3) is 2.93. The summed E-state index contributed by atoms with van der Waals surface area (Å²) in [4.78, 5) is 0. The predicted molar refractivity (Wildman–Crippen MR) is 48.0 cm³/mol. The van der Waals surface area contributed by atoms with Crippen molar-refractivity contribution in [1.82, 2.24) is 0 Å². The highest BCUT2D eigenvalue weighted by Gasteiger charge is 2.30. The van der Waals surface area contributed by atoms with Gasteiger partial charge in [-0.1, -0.05) is 6.42 Å². The molecule has 1 aliphatic rings. The van der Waals surface area contributed by atoms with Gasteiger partial charge in [0.1, 0.15) is 0 Å². The van der Waals surface area contributed by atoms with Crippen molar-refractivity contribution in [2.45, 2.75) is 51.0 Å². The van der Waals surface area contributed by atoms with Crippen LogP contribution in [0.2, 0.25) is 13.1 Å². The van der Waals surface area contributed by atoms with E-state index in [-0.39, 0.29) is 0 Å². The average Bonchev–Trinajstić information content (AvgIpc) is 1.85. The van der Waals surface area contributed by atoms with E-state index in [0.29, 0.717) is 0 Å². The molecule has 0 amide bonds. The van der Waals surface area contributed by atoms with Crippen molar-refractivity contribution >= 4 is 9.04 Å². The van der Waals surface area contributed by atoms with Crippen molar-refractivity contribution in [3.8, 4) is 0 Å². The van der Waals surface area contributed by atoms with E-state index in [9.17, 15) is 5.11 Å². The van der Waals surface area contributed by atoms with Gasteiger partial charge >= 0.3 is 0 Å². The first-order chi connectivity index (χ1) is 5.12. The molecule has 0 unspecified atom stereocenters. The van der Waals surface area contributed by atoms with Crippen LogP contribution in [0, 0.1) is 0 Å². The van der Waals surface area contributed by atoms with Gasteiger partial charge in [-0.2, -0.15) is 0 Å². The van der Waals surface area contributed by atoms with Gasteiger partial charge in [-0.25, -0.2) is 0 Å². The highest BCUT2D eigenvalue weighted by atomic mass is 28.3. The second-order valence-corrected chi connectivity index (χ2v) is 6.01. The Kier molecular flexibility index (Phi) is 3.10. The van der Waals surface area contributed by atoms with Gasteiger partial charge in [0, 0.05) is 12.8 Å². The van der Waals surface area contributed by atoms with Crippen LogP contribution >= 0.6 is 0 Å². The Balaban J connectivity index is 2.37. The van der Waals surface area contributed by atoms with Crippen LogP contribution in [-0.2, 0) is 4.43 Å². The largest absolute Gasteiger partial charge is 0.394 e. The van der Waals surface area contributed by atoms with E-state index in [1.165, 1.54) is 6.42 Å². The summed E-state index contributed by atoms with van der Waals surface area (Å²) in [5, 5.41) is 9.85. The maximum Gasteiger partial charge on any atom is 0.174 e. The van der Waals surface area contributed by atoms with Gasteiger partial charge in [-0.05, 0) is 25.9 Å². The standard InChI is InChI=1S/C8H18O2Si/c1-11(2)10-8(9)6-4-3-5-7-8/h9,11H,3-7H2,1-2H3. The van der Waals surface area contributed by atoms with Crippen LogP contribution in [0.5, 0.6) is 0 Å². The minimum atomic E-state index is -1.06. The van der Waals surface area contributed by atoms with E-state index in [0.717, 1.165) is 25.7 Å². The molecule has 0 aliphatic heterocycles. The monoisotopic (exact) mass is 174 g/mol. The van der Waals surface area contributed by atoms with Crippen molar-refractivity contribution in [2.75, 3.05) is 0 Å². The lowest BCUT2D eigenvalue weighted by atomic mass is 9.95. The highest BCUT2D eigenvalue weighted by Crippen LogP contribution is 2.29. The average molecular weight is 174 g/mol. The summed E-state index contributed by atoms with van der Waals surface area (Å²) < 4.78 is 5.57. The molecule has 0 saturated heterocycles. The van der Waals surface area contributed by atoms with E-state index < -0.39 is 14.8 Å². The topological polar surface area (TPSA) is 29.5 Å². The molecule has 0 radical (unpaired) electrons. The van der Waals surface area contributed by atoms with E-state index in [2.05, 4.69) is 13.1 Å². The molecule has 1 saturated carbocycles. The Morgan fingerprint density at radius 2 is 1.73 bits per heavy atom. The molecule has 0 aromatic heterocycles. The summed E-state index contributed by atoms with van der Waals surface area (Å²) in [6, 6.07) is 0. The van der Waals surface area contributed by atoms with E-state index in [4.69, 9.17) is 4.43 Å². The van der Waals surface area contributed by atoms with Crippen LogP contribution in [0.25, 0.3) is 0 Å². The molecule has 0 heterocycles. The molecule has 1 fully saturated rings. The fraction of sp³-hybridized carbons (Fsp3) is 1.00. The van der Waals surface area contributed by atoms with E-state index >= 15 is 0 Å². The smallest absolute Gasteiger partial charge is 0.174 e. The van der Waals surface area contributed by atoms with Crippen LogP contribution in [0.1, 0.15) is 32.1 Å².